The molecule has 0 aromatic heterocycles. The average molecular weight is 203 g/mol. The van der Waals surface area contributed by atoms with Gasteiger partial charge in [-0.2, -0.15) is 0 Å². The standard InChI is InChI=1S/C13H17NO/c15-13-8-4-7-12(9-13)14-10-11-5-2-1-3-6-11/h1-3,5-6,12,14H,4,7-10H2. The van der Waals surface area contributed by atoms with Crippen LogP contribution >= 0.6 is 0 Å². The second-order valence-corrected chi connectivity index (χ2v) is 4.20. The molecule has 1 aromatic rings. The molecular formula is C13H17NO. The van der Waals surface area contributed by atoms with Crippen molar-refractivity contribution in [3.8, 4) is 0 Å². The van der Waals surface area contributed by atoms with Crippen molar-refractivity contribution in [2.75, 3.05) is 0 Å². The first-order valence-electron chi connectivity index (χ1n) is 5.63. The molecule has 1 aliphatic carbocycles. The maximum absolute atomic E-state index is 11.2. The first kappa shape index (κ1) is 10.4. The normalized spacial score (nSPS) is 21.6. The van der Waals surface area contributed by atoms with Crippen LogP contribution in [0.5, 0.6) is 0 Å². The fourth-order valence-corrected chi connectivity index (χ4v) is 2.06. The molecule has 1 N–H and O–H groups in total. The Labute approximate surface area is 90.7 Å². The zero-order valence-corrected chi connectivity index (χ0v) is 8.91. The molecule has 2 nitrogen and oxygen atoms in total. The van der Waals surface area contributed by atoms with E-state index < -0.39 is 0 Å². The minimum Gasteiger partial charge on any atom is -0.309 e. The van der Waals surface area contributed by atoms with Crippen LogP contribution in [-0.2, 0) is 11.3 Å². The van der Waals surface area contributed by atoms with Gasteiger partial charge in [0.15, 0.2) is 0 Å². The minimum atomic E-state index is 0.395. The predicted octanol–water partition coefficient (Wildman–Crippen LogP) is 2.29. The maximum Gasteiger partial charge on any atom is 0.134 e. The molecule has 2 rings (SSSR count). The van der Waals surface area contributed by atoms with Crippen molar-refractivity contribution in [2.45, 2.75) is 38.3 Å². The lowest BCUT2D eigenvalue weighted by molar-refractivity contribution is -0.120. The summed E-state index contributed by atoms with van der Waals surface area (Å²) in [6, 6.07) is 10.7. The Kier molecular flexibility index (Phi) is 3.51. The second kappa shape index (κ2) is 5.08. The molecule has 1 aromatic carbocycles. The lowest BCUT2D eigenvalue weighted by atomic mass is 9.94. The lowest BCUT2D eigenvalue weighted by Gasteiger charge is -2.22. The maximum atomic E-state index is 11.2. The van der Waals surface area contributed by atoms with Crippen molar-refractivity contribution in [3.63, 3.8) is 0 Å². The van der Waals surface area contributed by atoms with Crippen LogP contribution < -0.4 is 5.32 Å². The highest BCUT2D eigenvalue weighted by molar-refractivity contribution is 5.79. The number of hydrogen-bond donors (Lipinski definition) is 1. The molecule has 0 saturated heterocycles. The fourth-order valence-electron chi connectivity index (χ4n) is 2.06. The zero-order chi connectivity index (χ0) is 10.5. The van der Waals surface area contributed by atoms with Crippen molar-refractivity contribution in [1.82, 2.24) is 5.32 Å². The van der Waals surface area contributed by atoms with E-state index >= 15 is 0 Å². The van der Waals surface area contributed by atoms with Crippen LogP contribution in [0.3, 0.4) is 0 Å². The molecule has 0 bridgehead atoms. The Morgan fingerprint density at radius 2 is 2.07 bits per heavy atom. The summed E-state index contributed by atoms with van der Waals surface area (Å²) in [4.78, 5) is 11.2. The number of ketones is 1. The number of nitrogens with one attached hydrogen (secondary N) is 1. The Morgan fingerprint density at radius 1 is 1.27 bits per heavy atom. The van der Waals surface area contributed by atoms with E-state index in [1.165, 1.54) is 5.56 Å². The summed E-state index contributed by atoms with van der Waals surface area (Å²) in [6.45, 7) is 0.874. The molecule has 80 valence electrons. The fraction of sp³-hybridized carbons (Fsp3) is 0.462. The van der Waals surface area contributed by atoms with Crippen molar-refractivity contribution in [2.24, 2.45) is 0 Å². The monoisotopic (exact) mass is 203 g/mol. The molecule has 15 heavy (non-hydrogen) atoms. The van der Waals surface area contributed by atoms with Gasteiger partial charge in [0.1, 0.15) is 5.78 Å². The van der Waals surface area contributed by atoms with Gasteiger partial charge < -0.3 is 5.32 Å². The van der Waals surface area contributed by atoms with Gasteiger partial charge in [-0.05, 0) is 18.4 Å². The van der Waals surface area contributed by atoms with Gasteiger partial charge in [-0.1, -0.05) is 30.3 Å². The van der Waals surface area contributed by atoms with Crippen LogP contribution in [0.15, 0.2) is 30.3 Å². The van der Waals surface area contributed by atoms with Gasteiger partial charge in [0.2, 0.25) is 0 Å². The van der Waals surface area contributed by atoms with Crippen LogP contribution in [-0.4, -0.2) is 11.8 Å². The Morgan fingerprint density at radius 3 is 2.80 bits per heavy atom. The van der Waals surface area contributed by atoms with Crippen molar-refractivity contribution in [1.29, 1.82) is 0 Å². The van der Waals surface area contributed by atoms with E-state index in [4.69, 9.17) is 0 Å². The largest absolute Gasteiger partial charge is 0.309 e. The molecular weight excluding hydrogens is 186 g/mol. The minimum absolute atomic E-state index is 0.395. The molecule has 0 spiro atoms. The molecule has 1 fully saturated rings. The van der Waals surface area contributed by atoms with Gasteiger partial charge in [-0.15, -0.1) is 0 Å². The molecule has 2 heteroatoms. The van der Waals surface area contributed by atoms with E-state index in [-0.39, 0.29) is 0 Å². The summed E-state index contributed by atoms with van der Waals surface area (Å²) in [5.74, 6) is 0.409. The number of Topliss-reactive ketones (excluding diaryl/α,β-unsaturated/α-hetero) is 1. The first-order valence-corrected chi connectivity index (χ1v) is 5.63. The molecule has 1 saturated carbocycles. The van der Waals surface area contributed by atoms with Crippen LogP contribution in [0, 0.1) is 0 Å². The summed E-state index contributed by atoms with van der Waals surface area (Å²) in [7, 11) is 0. The number of rotatable bonds is 3. The van der Waals surface area contributed by atoms with Gasteiger partial charge in [0, 0.05) is 25.4 Å². The van der Waals surface area contributed by atoms with E-state index in [1.54, 1.807) is 0 Å². The molecule has 1 aliphatic rings. The van der Waals surface area contributed by atoms with E-state index in [2.05, 4.69) is 17.4 Å². The van der Waals surface area contributed by atoms with E-state index in [1.807, 2.05) is 18.2 Å². The highest BCUT2D eigenvalue weighted by Crippen LogP contribution is 2.15. The smallest absolute Gasteiger partial charge is 0.134 e. The third-order valence-corrected chi connectivity index (χ3v) is 2.92. The van der Waals surface area contributed by atoms with Crippen molar-refractivity contribution in [3.05, 3.63) is 35.9 Å². The molecule has 1 unspecified atom stereocenters. The first-order chi connectivity index (χ1) is 7.34. The summed E-state index contributed by atoms with van der Waals surface area (Å²) >= 11 is 0. The SMILES string of the molecule is O=C1CCCC(NCc2ccccc2)C1. The van der Waals surface area contributed by atoms with Crippen LogP contribution in [0.2, 0.25) is 0 Å². The number of carbonyl (C=O) groups is 1. The van der Waals surface area contributed by atoms with Gasteiger partial charge in [-0.25, -0.2) is 0 Å². The van der Waals surface area contributed by atoms with Gasteiger partial charge in [-0.3, -0.25) is 4.79 Å². The van der Waals surface area contributed by atoms with Crippen LogP contribution in [0.25, 0.3) is 0 Å². The highest BCUT2D eigenvalue weighted by Gasteiger charge is 2.18. The van der Waals surface area contributed by atoms with Crippen molar-refractivity contribution < 1.29 is 4.79 Å². The molecule has 0 radical (unpaired) electrons. The summed E-state index contributed by atoms with van der Waals surface area (Å²) in [6.07, 6.45) is 3.68. The van der Waals surface area contributed by atoms with Crippen LogP contribution in [0.1, 0.15) is 31.2 Å². The van der Waals surface area contributed by atoms with E-state index in [0.717, 1.165) is 25.8 Å². The molecule has 0 heterocycles. The summed E-state index contributed by atoms with van der Waals surface area (Å²) in [5, 5.41) is 3.45. The number of carbonyl (C=O) groups excluding carboxylic acids is 1. The molecule has 0 amide bonds. The topological polar surface area (TPSA) is 29.1 Å². The Hall–Kier alpha value is -1.15. The third kappa shape index (κ3) is 3.17. The van der Waals surface area contributed by atoms with Crippen molar-refractivity contribution >= 4 is 5.78 Å². The average Bonchev–Trinajstić information content (AvgIpc) is 2.28. The Bertz CT molecular complexity index is 321. The van der Waals surface area contributed by atoms with E-state index in [9.17, 15) is 4.79 Å². The van der Waals surface area contributed by atoms with Gasteiger partial charge >= 0.3 is 0 Å². The van der Waals surface area contributed by atoms with Crippen LogP contribution in [0.4, 0.5) is 0 Å². The van der Waals surface area contributed by atoms with Gasteiger partial charge in [0.05, 0.1) is 0 Å². The number of benzene rings is 1. The molecule has 1 atom stereocenters. The predicted molar refractivity (Wildman–Crippen MR) is 60.5 cm³/mol. The Balaban J connectivity index is 1.80. The number of hydrogen-bond acceptors (Lipinski definition) is 2. The van der Waals surface area contributed by atoms with E-state index in [0.29, 0.717) is 18.2 Å². The third-order valence-electron chi connectivity index (χ3n) is 2.92. The summed E-state index contributed by atoms with van der Waals surface area (Å²) < 4.78 is 0. The zero-order valence-electron chi connectivity index (χ0n) is 8.91. The second-order valence-electron chi connectivity index (χ2n) is 4.20. The highest BCUT2D eigenvalue weighted by atomic mass is 16.1. The lowest BCUT2D eigenvalue weighted by Crippen LogP contribution is -2.33. The quantitative estimate of drug-likeness (QED) is 0.816. The molecule has 0 aliphatic heterocycles. The van der Waals surface area contributed by atoms with Gasteiger partial charge in [0.25, 0.3) is 0 Å². The summed E-state index contributed by atoms with van der Waals surface area (Å²) in [5.41, 5.74) is 1.29.